The number of aromatic nitrogens is 2. The molecule has 0 aliphatic carbocycles. The maximum Gasteiger partial charge on any atom is 0.137 e. The number of pyridine rings is 1. The summed E-state index contributed by atoms with van der Waals surface area (Å²) >= 11 is 0. The third kappa shape index (κ3) is 1.94. The van der Waals surface area contributed by atoms with Crippen LogP contribution in [0.25, 0.3) is 16.6 Å². The second kappa shape index (κ2) is 4.30. The molecule has 2 rings (SSSR count). The zero-order chi connectivity index (χ0) is 10.7. The van der Waals surface area contributed by atoms with Gasteiger partial charge in [0.1, 0.15) is 5.65 Å². The predicted octanol–water partition coefficient (Wildman–Crippen LogP) is 3.77. The molecule has 0 bridgehead atoms. The van der Waals surface area contributed by atoms with Crippen LogP contribution >= 0.6 is 0 Å². The maximum absolute atomic E-state index is 4.40. The van der Waals surface area contributed by atoms with Gasteiger partial charge in [-0.1, -0.05) is 19.4 Å². The van der Waals surface area contributed by atoms with E-state index >= 15 is 0 Å². The van der Waals surface area contributed by atoms with E-state index in [-0.39, 0.29) is 0 Å². The van der Waals surface area contributed by atoms with Crippen molar-refractivity contribution in [2.24, 2.45) is 0 Å². The molecular weight excluding hydrogens is 184 g/mol. The summed E-state index contributed by atoms with van der Waals surface area (Å²) in [6.45, 7) is 4.29. The molecule has 0 aromatic carbocycles. The second-order valence-corrected chi connectivity index (χ2v) is 3.70. The summed E-state index contributed by atoms with van der Waals surface area (Å²) in [6, 6.07) is 4.26. The van der Waals surface area contributed by atoms with Crippen molar-refractivity contribution in [3.05, 3.63) is 36.2 Å². The van der Waals surface area contributed by atoms with E-state index in [1.54, 1.807) is 0 Å². The quantitative estimate of drug-likeness (QED) is 0.802. The molecule has 0 spiro atoms. The number of hydrogen-bond donors (Lipinski definition) is 1. The molecule has 0 amide bonds. The number of nitrogens with one attached hydrogen (secondary N) is 1. The van der Waals surface area contributed by atoms with E-state index in [1.165, 1.54) is 22.9 Å². The lowest BCUT2D eigenvalue weighted by Crippen LogP contribution is -1.86. The highest BCUT2D eigenvalue weighted by molar-refractivity contribution is 5.80. The molecular formula is C13H16N2. The van der Waals surface area contributed by atoms with Crippen LogP contribution in [-0.4, -0.2) is 9.97 Å². The van der Waals surface area contributed by atoms with E-state index in [9.17, 15) is 0 Å². The summed E-state index contributed by atoms with van der Waals surface area (Å²) in [5.41, 5.74) is 3.59. The number of rotatable bonds is 3. The van der Waals surface area contributed by atoms with Crippen LogP contribution in [0.5, 0.6) is 0 Å². The minimum atomic E-state index is 0.964. The van der Waals surface area contributed by atoms with Gasteiger partial charge in [-0.2, -0.15) is 0 Å². The van der Waals surface area contributed by atoms with Gasteiger partial charge in [0.05, 0.1) is 0 Å². The molecule has 2 aromatic heterocycles. The topological polar surface area (TPSA) is 28.7 Å². The fourth-order valence-corrected chi connectivity index (χ4v) is 1.84. The molecule has 78 valence electrons. The van der Waals surface area contributed by atoms with Crippen molar-refractivity contribution in [1.29, 1.82) is 0 Å². The van der Waals surface area contributed by atoms with E-state index in [4.69, 9.17) is 0 Å². The summed E-state index contributed by atoms with van der Waals surface area (Å²) in [6.07, 6.45) is 8.35. The first-order valence-corrected chi connectivity index (χ1v) is 5.44. The van der Waals surface area contributed by atoms with Crippen LogP contribution in [0, 0.1) is 0 Å². The normalized spacial score (nSPS) is 12.3. The zero-order valence-electron chi connectivity index (χ0n) is 9.25. The Morgan fingerprint density at radius 2 is 2.40 bits per heavy atom. The summed E-state index contributed by atoms with van der Waals surface area (Å²) in [5, 5.41) is 1.18. The SMILES string of the molecule is C/C=C(\CCC)c1cnc2[nH]ccc2c1. The van der Waals surface area contributed by atoms with Crippen molar-refractivity contribution in [2.75, 3.05) is 0 Å². The van der Waals surface area contributed by atoms with E-state index in [2.05, 4.69) is 42.0 Å². The van der Waals surface area contributed by atoms with E-state index in [1.807, 2.05) is 12.4 Å². The first-order chi connectivity index (χ1) is 7.35. The zero-order valence-corrected chi connectivity index (χ0v) is 9.25. The van der Waals surface area contributed by atoms with Crippen molar-refractivity contribution in [1.82, 2.24) is 9.97 Å². The molecule has 0 unspecified atom stereocenters. The minimum absolute atomic E-state index is 0.964. The standard InChI is InChI=1S/C13H16N2/c1-3-5-10(4-2)12-8-11-6-7-14-13(11)15-9-12/h4,6-9H,3,5H2,1-2H3,(H,14,15)/b10-4+. The number of hydrogen-bond acceptors (Lipinski definition) is 1. The number of H-pyrrole nitrogens is 1. The molecule has 2 nitrogen and oxygen atoms in total. The van der Waals surface area contributed by atoms with Crippen molar-refractivity contribution in [2.45, 2.75) is 26.7 Å². The fourth-order valence-electron chi connectivity index (χ4n) is 1.84. The highest BCUT2D eigenvalue weighted by atomic mass is 14.8. The van der Waals surface area contributed by atoms with E-state index in [0.717, 1.165) is 12.1 Å². The van der Waals surface area contributed by atoms with Gasteiger partial charge in [0.25, 0.3) is 0 Å². The van der Waals surface area contributed by atoms with E-state index in [0.29, 0.717) is 0 Å². The second-order valence-electron chi connectivity index (χ2n) is 3.70. The third-order valence-electron chi connectivity index (χ3n) is 2.64. The monoisotopic (exact) mass is 200 g/mol. The minimum Gasteiger partial charge on any atom is -0.346 e. The van der Waals surface area contributed by atoms with Gasteiger partial charge in [0.2, 0.25) is 0 Å². The number of aromatic amines is 1. The van der Waals surface area contributed by atoms with Gasteiger partial charge in [0.15, 0.2) is 0 Å². The van der Waals surface area contributed by atoms with Gasteiger partial charge in [-0.25, -0.2) is 4.98 Å². The first kappa shape index (κ1) is 9.97. The van der Waals surface area contributed by atoms with Crippen LogP contribution in [0.15, 0.2) is 30.6 Å². The predicted molar refractivity (Wildman–Crippen MR) is 64.7 cm³/mol. The Morgan fingerprint density at radius 1 is 1.53 bits per heavy atom. The van der Waals surface area contributed by atoms with Crippen molar-refractivity contribution >= 4 is 16.6 Å². The summed E-state index contributed by atoms with van der Waals surface area (Å²) in [7, 11) is 0. The lowest BCUT2D eigenvalue weighted by Gasteiger charge is -2.05. The van der Waals surface area contributed by atoms with E-state index < -0.39 is 0 Å². The smallest absolute Gasteiger partial charge is 0.137 e. The highest BCUT2D eigenvalue weighted by Gasteiger charge is 2.02. The summed E-state index contributed by atoms with van der Waals surface area (Å²) < 4.78 is 0. The summed E-state index contributed by atoms with van der Waals surface area (Å²) in [4.78, 5) is 7.50. The van der Waals surface area contributed by atoms with Crippen LogP contribution in [0.1, 0.15) is 32.3 Å². The fraction of sp³-hybridized carbons (Fsp3) is 0.308. The van der Waals surface area contributed by atoms with Gasteiger partial charge < -0.3 is 4.98 Å². The van der Waals surface area contributed by atoms with Gasteiger partial charge in [-0.15, -0.1) is 0 Å². The van der Waals surface area contributed by atoms with Crippen molar-refractivity contribution in [3.8, 4) is 0 Å². The molecule has 2 aromatic rings. The summed E-state index contributed by atoms with van der Waals surface area (Å²) in [5.74, 6) is 0. The number of nitrogens with zero attached hydrogens (tertiary/aromatic N) is 1. The molecule has 0 saturated heterocycles. The van der Waals surface area contributed by atoms with Crippen molar-refractivity contribution in [3.63, 3.8) is 0 Å². The number of fused-ring (bicyclic) bond motifs is 1. The molecule has 2 heterocycles. The molecule has 0 aliphatic heterocycles. The van der Waals surface area contributed by atoms with Crippen LogP contribution in [0.4, 0.5) is 0 Å². The largest absolute Gasteiger partial charge is 0.346 e. The van der Waals surface area contributed by atoms with Crippen molar-refractivity contribution < 1.29 is 0 Å². The average Bonchev–Trinajstić information content (AvgIpc) is 2.72. The van der Waals surface area contributed by atoms with Crippen LogP contribution in [-0.2, 0) is 0 Å². The van der Waals surface area contributed by atoms with Gasteiger partial charge >= 0.3 is 0 Å². The molecule has 15 heavy (non-hydrogen) atoms. The Balaban J connectivity index is 2.42. The lowest BCUT2D eigenvalue weighted by molar-refractivity contribution is 0.971. The third-order valence-corrected chi connectivity index (χ3v) is 2.64. The number of allylic oxidation sites excluding steroid dienone is 2. The average molecular weight is 200 g/mol. The van der Waals surface area contributed by atoms with Crippen LogP contribution in [0.3, 0.4) is 0 Å². The Morgan fingerprint density at radius 3 is 3.13 bits per heavy atom. The molecule has 0 radical (unpaired) electrons. The lowest BCUT2D eigenvalue weighted by atomic mass is 10.0. The van der Waals surface area contributed by atoms with Crippen LogP contribution < -0.4 is 0 Å². The molecule has 1 N–H and O–H groups in total. The Labute approximate surface area is 90.0 Å². The van der Waals surface area contributed by atoms with Gasteiger partial charge in [0, 0.05) is 17.8 Å². The molecule has 0 atom stereocenters. The Bertz CT molecular complexity index is 480. The first-order valence-electron chi connectivity index (χ1n) is 5.44. The molecule has 2 heteroatoms. The van der Waals surface area contributed by atoms with Gasteiger partial charge in [-0.05, 0) is 36.6 Å². The highest BCUT2D eigenvalue weighted by Crippen LogP contribution is 2.22. The Kier molecular flexibility index (Phi) is 2.86. The Hall–Kier alpha value is -1.57. The van der Waals surface area contributed by atoms with Crippen LogP contribution in [0.2, 0.25) is 0 Å². The molecule has 0 fully saturated rings. The maximum atomic E-state index is 4.40. The van der Waals surface area contributed by atoms with Gasteiger partial charge in [-0.3, -0.25) is 0 Å². The molecule has 0 aliphatic rings. The molecule has 0 saturated carbocycles.